The lowest BCUT2D eigenvalue weighted by Gasteiger charge is -2.05. The highest BCUT2D eigenvalue weighted by molar-refractivity contribution is 9.10. The van der Waals surface area contributed by atoms with E-state index in [1.165, 1.54) is 0 Å². The number of halogens is 1. The van der Waals surface area contributed by atoms with Crippen molar-refractivity contribution in [1.82, 2.24) is 9.97 Å². The maximum absolute atomic E-state index is 5.50. The molecule has 0 saturated carbocycles. The molecule has 0 amide bonds. The Hall–Kier alpha value is -1.42. The van der Waals surface area contributed by atoms with Gasteiger partial charge in [-0.1, -0.05) is 28.1 Å². The minimum atomic E-state index is 0.311. The van der Waals surface area contributed by atoms with E-state index in [2.05, 4.69) is 25.9 Å². The Kier molecular flexibility index (Phi) is 2.68. The summed E-state index contributed by atoms with van der Waals surface area (Å²) in [6, 6.07) is 8.01. The molecule has 0 aliphatic carbocycles. The number of benzene rings is 1. The van der Waals surface area contributed by atoms with Crippen molar-refractivity contribution < 1.29 is 0 Å². The first-order valence-electron chi connectivity index (χ1n) is 4.52. The number of hydrogen-bond acceptors (Lipinski definition) is 3. The van der Waals surface area contributed by atoms with Crippen molar-refractivity contribution in [2.75, 3.05) is 5.73 Å². The van der Waals surface area contributed by atoms with Gasteiger partial charge < -0.3 is 5.73 Å². The zero-order valence-electron chi connectivity index (χ0n) is 8.24. The molecule has 1 aromatic carbocycles. The van der Waals surface area contributed by atoms with E-state index in [1.54, 1.807) is 6.20 Å². The fourth-order valence-corrected chi connectivity index (χ4v) is 1.82. The average molecular weight is 264 g/mol. The zero-order valence-corrected chi connectivity index (χ0v) is 9.82. The Morgan fingerprint density at radius 1 is 1.33 bits per heavy atom. The predicted octanol–water partition coefficient (Wildman–Crippen LogP) is 2.80. The predicted molar refractivity (Wildman–Crippen MR) is 64.3 cm³/mol. The van der Waals surface area contributed by atoms with E-state index in [0.717, 1.165) is 21.3 Å². The molecule has 3 nitrogen and oxygen atoms in total. The van der Waals surface area contributed by atoms with Crippen LogP contribution in [0.2, 0.25) is 0 Å². The van der Waals surface area contributed by atoms with Gasteiger partial charge in [-0.15, -0.1) is 0 Å². The van der Waals surface area contributed by atoms with Crippen LogP contribution in [-0.2, 0) is 0 Å². The van der Waals surface area contributed by atoms with E-state index in [9.17, 15) is 0 Å². The van der Waals surface area contributed by atoms with E-state index in [0.29, 0.717) is 5.95 Å². The third-order valence-corrected chi connectivity index (χ3v) is 2.63. The maximum Gasteiger partial charge on any atom is 0.220 e. The van der Waals surface area contributed by atoms with E-state index in [-0.39, 0.29) is 0 Å². The van der Waals surface area contributed by atoms with Crippen LogP contribution < -0.4 is 5.73 Å². The summed E-state index contributed by atoms with van der Waals surface area (Å²) in [5.74, 6) is 0.311. The molecule has 2 N–H and O–H groups in total. The summed E-state index contributed by atoms with van der Waals surface area (Å²) in [6.45, 7) is 1.92. The van der Waals surface area contributed by atoms with Crippen LogP contribution in [0.5, 0.6) is 0 Å². The Labute approximate surface area is 96.5 Å². The summed E-state index contributed by atoms with van der Waals surface area (Å²) >= 11 is 3.43. The fourth-order valence-electron chi connectivity index (χ4n) is 1.42. The topological polar surface area (TPSA) is 51.8 Å². The lowest BCUT2D eigenvalue weighted by Crippen LogP contribution is -1.97. The molecule has 1 aromatic heterocycles. The zero-order chi connectivity index (χ0) is 10.8. The van der Waals surface area contributed by atoms with E-state index in [4.69, 9.17) is 5.73 Å². The molecule has 1 heterocycles. The SMILES string of the molecule is Cc1nc(N)ncc1-c1cccc(Br)c1. The van der Waals surface area contributed by atoms with Gasteiger partial charge in [0, 0.05) is 16.2 Å². The smallest absolute Gasteiger partial charge is 0.220 e. The maximum atomic E-state index is 5.50. The second kappa shape index (κ2) is 3.98. The molecule has 15 heavy (non-hydrogen) atoms. The van der Waals surface area contributed by atoms with E-state index >= 15 is 0 Å². The van der Waals surface area contributed by atoms with Crippen molar-refractivity contribution in [2.24, 2.45) is 0 Å². The first kappa shape index (κ1) is 10.1. The highest BCUT2D eigenvalue weighted by atomic mass is 79.9. The van der Waals surface area contributed by atoms with E-state index < -0.39 is 0 Å². The first-order chi connectivity index (χ1) is 7.16. The van der Waals surface area contributed by atoms with Gasteiger partial charge in [0.2, 0.25) is 5.95 Å². The number of nitrogen functional groups attached to an aromatic ring is 1. The van der Waals surface area contributed by atoms with Crippen molar-refractivity contribution in [3.8, 4) is 11.1 Å². The number of aromatic nitrogens is 2. The summed E-state index contributed by atoms with van der Waals surface area (Å²) < 4.78 is 1.04. The molecule has 2 rings (SSSR count). The van der Waals surface area contributed by atoms with Crippen LogP contribution in [0.4, 0.5) is 5.95 Å². The minimum Gasteiger partial charge on any atom is -0.368 e. The Morgan fingerprint density at radius 3 is 2.80 bits per heavy atom. The second-order valence-corrected chi connectivity index (χ2v) is 4.15. The van der Waals surface area contributed by atoms with Crippen LogP contribution in [-0.4, -0.2) is 9.97 Å². The fraction of sp³-hybridized carbons (Fsp3) is 0.0909. The van der Waals surface area contributed by atoms with Crippen molar-refractivity contribution in [3.63, 3.8) is 0 Å². The van der Waals surface area contributed by atoms with Crippen LogP contribution in [0.3, 0.4) is 0 Å². The van der Waals surface area contributed by atoms with Gasteiger partial charge in [-0.25, -0.2) is 9.97 Å². The van der Waals surface area contributed by atoms with Gasteiger partial charge in [-0.05, 0) is 24.6 Å². The van der Waals surface area contributed by atoms with E-state index in [1.807, 2.05) is 31.2 Å². The number of rotatable bonds is 1. The lowest BCUT2D eigenvalue weighted by molar-refractivity contribution is 1.12. The Balaban J connectivity index is 2.54. The van der Waals surface area contributed by atoms with Gasteiger partial charge in [0.15, 0.2) is 0 Å². The normalized spacial score (nSPS) is 10.3. The highest BCUT2D eigenvalue weighted by Gasteiger charge is 2.04. The Bertz CT molecular complexity index is 497. The van der Waals surface area contributed by atoms with Crippen LogP contribution >= 0.6 is 15.9 Å². The molecule has 0 fully saturated rings. The monoisotopic (exact) mass is 263 g/mol. The van der Waals surface area contributed by atoms with Crippen LogP contribution in [0.1, 0.15) is 5.69 Å². The number of nitrogens with two attached hydrogens (primary N) is 1. The van der Waals surface area contributed by atoms with Crippen LogP contribution in [0.15, 0.2) is 34.9 Å². The molecule has 0 saturated heterocycles. The number of anilines is 1. The molecule has 2 aromatic rings. The lowest BCUT2D eigenvalue weighted by atomic mass is 10.1. The van der Waals surface area contributed by atoms with Crippen LogP contribution in [0, 0.1) is 6.92 Å². The molecule has 4 heteroatoms. The molecule has 0 atom stereocenters. The molecule has 76 valence electrons. The van der Waals surface area contributed by atoms with Gasteiger partial charge in [0.05, 0.1) is 5.69 Å². The largest absolute Gasteiger partial charge is 0.368 e. The quantitative estimate of drug-likeness (QED) is 0.861. The summed E-state index contributed by atoms with van der Waals surface area (Å²) in [7, 11) is 0. The second-order valence-electron chi connectivity index (χ2n) is 3.24. The number of aryl methyl sites for hydroxylation is 1. The first-order valence-corrected chi connectivity index (χ1v) is 5.31. The molecular formula is C11H10BrN3. The van der Waals surface area contributed by atoms with Gasteiger partial charge in [0.25, 0.3) is 0 Å². The van der Waals surface area contributed by atoms with Crippen LogP contribution in [0.25, 0.3) is 11.1 Å². The highest BCUT2D eigenvalue weighted by Crippen LogP contribution is 2.24. The summed E-state index contributed by atoms with van der Waals surface area (Å²) in [5, 5.41) is 0. The molecule has 0 bridgehead atoms. The van der Waals surface area contributed by atoms with Gasteiger partial charge in [-0.2, -0.15) is 0 Å². The molecule has 0 aliphatic heterocycles. The molecule has 0 spiro atoms. The summed E-state index contributed by atoms with van der Waals surface area (Å²) in [5.41, 5.74) is 8.48. The van der Waals surface area contributed by atoms with Gasteiger partial charge >= 0.3 is 0 Å². The average Bonchev–Trinajstić information content (AvgIpc) is 2.17. The molecular weight excluding hydrogens is 254 g/mol. The number of nitrogens with zero attached hydrogens (tertiary/aromatic N) is 2. The van der Waals surface area contributed by atoms with Gasteiger partial charge in [0.1, 0.15) is 0 Å². The van der Waals surface area contributed by atoms with Crippen molar-refractivity contribution in [1.29, 1.82) is 0 Å². The summed E-state index contributed by atoms with van der Waals surface area (Å²) in [4.78, 5) is 8.13. The molecule has 0 radical (unpaired) electrons. The van der Waals surface area contributed by atoms with Gasteiger partial charge in [-0.3, -0.25) is 0 Å². The standard InChI is InChI=1S/C11H10BrN3/c1-7-10(6-14-11(13)15-7)8-3-2-4-9(12)5-8/h2-6H,1H3,(H2,13,14,15). The van der Waals surface area contributed by atoms with Crippen molar-refractivity contribution in [2.45, 2.75) is 6.92 Å². The third kappa shape index (κ3) is 2.15. The van der Waals surface area contributed by atoms with Crippen molar-refractivity contribution in [3.05, 3.63) is 40.6 Å². The molecule has 0 unspecified atom stereocenters. The molecule has 0 aliphatic rings. The minimum absolute atomic E-state index is 0.311. The van der Waals surface area contributed by atoms with Crippen molar-refractivity contribution >= 4 is 21.9 Å². The number of hydrogen-bond donors (Lipinski definition) is 1. The third-order valence-electron chi connectivity index (χ3n) is 2.13. The Morgan fingerprint density at radius 2 is 2.13 bits per heavy atom. The summed E-state index contributed by atoms with van der Waals surface area (Å²) in [6.07, 6.45) is 1.75.